The third-order valence-corrected chi connectivity index (χ3v) is 4.85. The molecular weight excluding hydrogens is 505 g/mol. The van der Waals surface area contributed by atoms with Crippen LogP contribution in [-0.2, 0) is 19.5 Å². The van der Waals surface area contributed by atoms with Gasteiger partial charge in [0.25, 0.3) is 0 Å². The summed E-state index contributed by atoms with van der Waals surface area (Å²) in [5.41, 5.74) is 3.63. The number of hydrogen-bond acceptors (Lipinski definition) is 4. The van der Waals surface area contributed by atoms with E-state index in [1.807, 2.05) is 24.7 Å². The van der Waals surface area contributed by atoms with E-state index in [0.717, 1.165) is 43.5 Å². The van der Waals surface area contributed by atoms with Crippen molar-refractivity contribution in [1.82, 2.24) is 20.2 Å². The number of nitrogens with one attached hydrogen (secondary N) is 2. The van der Waals surface area contributed by atoms with Gasteiger partial charge in [0.2, 0.25) is 6.79 Å². The maximum absolute atomic E-state index is 5.45. The predicted octanol–water partition coefficient (Wildman–Crippen LogP) is 3.58. The highest BCUT2D eigenvalue weighted by molar-refractivity contribution is 14.0. The minimum Gasteiger partial charge on any atom is -0.454 e. The molecule has 0 atom stereocenters. The van der Waals surface area contributed by atoms with Crippen molar-refractivity contribution in [1.29, 1.82) is 0 Å². The van der Waals surface area contributed by atoms with E-state index >= 15 is 0 Å². The summed E-state index contributed by atoms with van der Waals surface area (Å²) in [5.74, 6) is 2.46. The highest BCUT2D eigenvalue weighted by atomic mass is 127. The lowest BCUT2D eigenvalue weighted by atomic mass is 10.1. The van der Waals surface area contributed by atoms with Crippen LogP contribution >= 0.6 is 24.0 Å². The van der Waals surface area contributed by atoms with Crippen LogP contribution in [0, 0.1) is 0 Å². The Bertz CT molecular complexity index is 974. The van der Waals surface area contributed by atoms with Gasteiger partial charge >= 0.3 is 0 Å². The molecule has 0 bridgehead atoms. The number of ether oxygens (including phenoxy) is 2. The molecule has 0 saturated carbocycles. The molecule has 4 rings (SSSR count). The van der Waals surface area contributed by atoms with Crippen LogP contribution in [0.3, 0.4) is 0 Å². The molecule has 31 heavy (non-hydrogen) atoms. The highest BCUT2D eigenvalue weighted by Gasteiger charge is 2.12. The molecule has 8 heteroatoms. The molecule has 1 aliphatic rings. The summed E-state index contributed by atoms with van der Waals surface area (Å²) < 4.78 is 12.9. The van der Waals surface area contributed by atoms with Gasteiger partial charge in [-0.05, 0) is 42.2 Å². The van der Waals surface area contributed by atoms with E-state index in [1.165, 1.54) is 16.7 Å². The van der Waals surface area contributed by atoms with Gasteiger partial charge in [-0.1, -0.05) is 30.3 Å². The summed E-state index contributed by atoms with van der Waals surface area (Å²) in [5, 5.41) is 6.71. The van der Waals surface area contributed by atoms with Crippen molar-refractivity contribution in [2.45, 2.75) is 26.4 Å². The number of benzene rings is 2. The molecule has 3 aromatic rings. The average molecular weight is 533 g/mol. The first-order chi connectivity index (χ1) is 14.8. The molecule has 0 unspecified atom stereocenters. The van der Waals surface area contributed by atoms with Gasteiger partial charge in [-0.15, -0.1) is 24.0 Å². The second kappa shape index (κ2) is 11.6. The number of hydrogen-bond donors (Lipinski definition) is 2. The minimum atomic E-state index is 0. The maximum Gasteiger partial charge on any atom is 0.231 e. The van der Waals surface area contributed by atoms with Crippen molar-refractivity contribution in [3.63, 3.8) is 0 Å². The quantitative estimate of drug-likeness (QED) is 0.263. The van der Waals surface area contributed by atoms with E-state index in [9.17, 15) is 0 Å². The normalized spacial score (nSPS) is 12.4. The standard InChI is InChI=1S/C23H27N5O2.HI/c1-2-25-23(26-10-9-18-7-8-21-22(13-18)30-17-29-21)27-14-19-3-5-20(6-4-19)15-28-12-11-24-16-28;/h3-8,11-13,16H,2,9-10,14-15,17H2,1H3,(H2,25,26,27);1H. The summed E-state index contributed by atoms with van der Waals surface area (Å²) in [4.78, 5) is 8.79. The smallest absolute Gasteiger partial charge is 0.231 e. The lowest BCUT2D eigenvalue weighted by Gasteiger charge is -2.12. The van der Waals surface area contributed by atoms with Crippen LogP contribution in [0.25, 0.3) is 0 Å². The Kier molecular flexibility index (Phi) is 8.57. The number of aliphatic imine (C=N–C) groups is 1. The van der Waals surface area contributed by atoms with Crippen LogP contribution in [0.1, 0.15) is 23.6 Å². The Morgan fingerprint density at radius 3 is 2.58 bits per heavy atom. The first kappa shape index (κ1) is 22.9. The molecule has 0 amide bonds. The van der Waals surface area contributed by atoms with Crippen LogP contribution < -0.4 is 20.1 Å². The van der Waals surface area contributed by atoms with Gasteiger partial charge < -0.3 is 24.7 Å². The van der Waals surface area contributed by atoms with E-state index in [0.29, 0.717) is 13.3 Å². The topological polar surface area (TPSA) is 72.7 Å². The molecule has 164 valence electrons. The Hall–Kier alpha value is -2.75. The Labute approximate surface area is 199 Å². The van der Waals surface area contributed by atoms with E-state index in [2.05, 4.69) is 57.4 Å². The molecule has 0 radical (unpaired) electrons. The fraction of sp³-hybridized carbons (Fsp3) is 0.304. The summed E-state index contributed by atoms with van der Waals surface area (Å²) in [6.07, 6.45) is 6.47. The monoisotopic (exact) mass is 533 g/mol. The molecule has 0 fully saturated rings. The Morgan fingerprint density at radius 1 is 1.03 bits per heavy atom. The van der Waals surface area contributed by atoms with Crippen molar-refractivity contribution in [3.8, 4) is 11.5 Å². The number of aromatic nitrogens is 2. The zero-order valence-electron chi connectivity index (χ0n) is 17.6. The van der Waals surface area contributed by atoms with E-state index in [-0.39, 0.29) is 24.0 Å². The molecule has 7 nitrogen and oxygen atoms in total. The lowest BCUT2D eigenvalue weighted by molar-refractivity contribution is 0.174. The fourth-order valence-corrected chi connectivity index (χ4v) is 3.27. The number of fused-ring (bicyclic) bond motifs is 1. The van der Waals surface area contributed by atoms with Crippen molar-refractivity contribution in [3.05, 3.63) is 77.9 Å². The van der Waals surface area contributed by atoms with E-state index in [1.54, 1.807) is 6.20 Å². The molecule has 0 aliphatic carbocycles. The lowest BCUT2D eigenvalue weighted by Crippen LogP contribution is -2.38. The van der Waals surface area contributed by atoms with Gasteiger partial charge in [0.1, 0.15) is 0 Å². The third-order valence-electron chi connectivity index (χ3n) is 4.85. The predicted molar refractivity (Wildman–Crippen MR) is 132 cm³/mol. The van der Waals surface area contributed by atoms with Crippen LogP contribution in [0.4, 0.5) is 0 Å². The largest absolute Gasteiger partial charge is 0.454 e. The van der Waals surface area contributed by atoms with Crippen molar-refractivity contribution in [2.75, 3.05) is 19.9 Å². The van der Waals surface area contributed by atoms with Gasteiger partial charge in [-0.3, -0.25) is 0 Å². The zero-order valence-corrected chi connectivity index (χ0v) is 19.9. The SMILES string of the molecule is CCNC(=NCc1ccc(Cn2ccnc2)cc1)NCCc1ccc2c(c1)OCO2.I. The number of nitrogens with zero attached hydrogens (tertiary/aromatic N) is 3. The number of guanidine groups is 1. The summed E-state index contributed by atoms with van der Waals surface area (Å²) in [6.45, 7) is 5.44. The summed E-state index contributed by atoms with van der Waals surface area (Å²) in [6, 6.07) is 14.6. The Balaban J connectivity index is 0.00000272. The van der Waals surface area contributed by atoms with Gasteiger partial charge in [0.15, 0.2) is 17.5 Å². The first-order valence-corrected chi connectivity index (χ1v) is 10.2. The molecule has 2 aromatic carbocycles. The molecule has 0 saturated heterocycles. The minimum absolute atomic E-state index is 0. The zero-order chi connectivity index (χ0) is 20.6. The molecule has 1 aromatic heterocycles. The van der Waals surface area contributed by atoms with E-state index < -0.39 is 0 Å². The van der Waals surface area contributed by atoms with Gasteiger partial charge in [0, 0.05) is 32.0 Å². The maximum atomic E-state index is 5.45. The Morgan fingerprint density at radius 2 is 1.81 bits per heavy atom. The second-order valence-corrected chi connectivity index (χ2v) is 7.11. The average Bonchev–Trinajstić information content (AvgIpc) is 3.44. The number of halogens is 1. The first-order valence-electron chi connectivity index (χ1n) is 10.2. The van der Waals surface area contributed by atoms with Crippen molar-refractivity contribution in [2.24, 2.45) is 4.99 Å². The molecule has 2 heterocycles. The van der Waals surface area contributed by atoms with Crippen LogP contribution in [-0.4, -0.2) is 35.4 Å². The summed E-state index contributed by atoms with van der Waals surface area (Å²) >= 11 is 0. The number of imidazole rings is 1. The van der Waals surface area contributed by atoms with Crippen LogP contribution in [0.5, 0.6) is 11.5 Å². The van der Waals surface area contributed by atoms with E-state index in [4.69, 9.17) is 14.5 Å². The van der Waals surface area contributed by atoms with Crippen LogP contribution in [0.15, 0.2) is 66.2 Å². The molecule has 0 spiro atoms. The second-order valence-electron chi connectivity index (χ2n) is 7.11. The van der Waals surface area contributed by atoms with Gasteiger partial charge in [-0.25, -0.2) is 9.98 Å². The highest BCUT2D eigenvalue weighted by Crippen LogP contribution is 2.32. The van der Waals surface area contributed by atoms with Crippen LogP contribution in [0.2, 0.25) is 0 Å². The fourth-order valence-electron chi connectivity index (χ4n) is 3.27. The van der Waals surface area contributed by atoms with Crippen molar-refractivity contribution < 1.29 is 9.47 Å². The van der Waals surface area contributed by atoms with Crippen molar-refractivity contribution >= 4 is 29.9 Å². The van der Waals surface area contributed by atoms with Gasteiger partial charge in [0.05, 0.1) is 12.9 Å². The molecular formula is C23H28IN5O2. The number of rotatable bonds is 8. The summed E-state index contributed by atoms with van der Waals surface area (Å²) in [7, 11) is 0. The third kappa shape index (κ3) is 6.61. The van der Waals surface area contributed by atoms with Gasteiger partial charge in [-0.2, -0.15) is 0 Å². The molecule has 1 aliphatic heterocycles. The molecule has 2 N–H and O–H groups in total.